The maximum absolute atomic E-state index is 12.9. The molecular formula is C76H136O6. The Bertz CT molecular complexity index is 1500. The van der Waals surface area contributed by atoms with Crippen molar-refractivity contribution in [2.75, 3.05) is 13.2 Å². The SMILES string of the molecule is CC/C=C\C/C=C\C/C=C\C/C=C\C/C=C\CCCC(=O)OC(COC(=O)CCCCCCCCCCCCCCCC)COC(=O)CCCCCCCCCCCCCCCCCCCCCCC/C=C\CCCCCCCCCC. The highest BCUT2D eigenvalue weighted by molar-refractivity contribution is 5.71. The van der Waals surface area contributed by atoms with Crippen LogP contribution in [0.25, 0.3) is 0 Å². The molecule has 1 unspecified atom stereocenters. The fraction of sp³-hybridized carbons (Fsp3) is 0.803. The number of rotatable bonds is 66. The van der Waals surface area contributed by atoms with E-state index >= 15 is 0 Å². The van der Waals surface area contributed by atoms with Crippen molar-refractivity contribution in [2.24, 2.45) is 0 Å². The number of ether oxygens (including phenoxy) is 3. The topological polar surface area (TPSA) is 78.9 Å². The molecule has 0 aromatic carbocycles. The molecule has 0 aromatic heterocycles. The zero-order valence-electron chi connectivity index (χ0n) is 54.8. The standard InChI is InChI=1S/C76H136O6/c1-4-7-10-13-16-19-22-25-28-30-31-32-33-34-35-36-37-38-39-40-41-42-43-44-45-47-48-51-54-57-60-63-66-69-75(78)81-72-73(71-80-74(77)68-65-62-59-56-53-50-27-24-21-18-15-12-9-6-3)82-76(79)70-67-64-61-58-55-52-49-46-29-26-23-20-17-14-11-8-5-2/h8,11,17,20,26,29-31,49,52,58,61,73H,4-7,9-10,12-16,18-19,21-25,27-28,32-48,50-51,53-57,59-60,62-72H2,1-3H3/b11-8-,20-17-,29-26-,31-30-,52-49-,61-58-. The average Bonchev–Trinajstić information content (AvgIpc) is 3.48. The lowest BCUT2D eigenvalue weighted by atomic mass is 10.0. The summed E-state index contributed by atoms with van der Waals surface area (Å²) in [6, 6.07) is 0. The second-order valence-electron chi connectivity index (χ2n) is 24.1. The summed E-state index contributed by atoms with van der Waals surface area (Å²) in [7, 11) is 0. The summed E-state index contributed by atoms with van der Waals surface area (Å²) in [4.78, 5) is 38.4. The Morgan fingerprint density at radius 3 is 0.793 bits per heavy atom. The minimum Gasteiger partial charge on any atom is -0.462 e. The van der Waals surface area contributed by atoms with Crippen molar-refractivity contribution in [3.8, 4) is 0 Å². The molecule has 6 nitrogen and oxygen atoms in total. The zero-order valence-corrected chi connectivity index (χ0v) is 54.8. The van der Waals surface area contributed by atoms with E-state index in [4.69, 9.17) is 14.2 Å². The van der Waals surface area contributed by atoms with Crippen molar-refractivity contribution in [1.29, 1.82) is 0 Å². The first-order valence-corrected chi connectivity index (χ1v) is 35.9. The first kappa shape index (κ1) is 78.8. The molecular weight excluding hydrogens is 1010 g/mol. The molecule has 0 radical (unpaired) electrons. The zero-order chi connectivity index (χ0) is 59.2. The lowest BCUT2D eigenvalue weighted by Gasteiger charge is -2.18. The smallest absolute Gasteiger partial charge is 0.306 e. The lowest BCUT2D eigenvalue weighted by molar-refractivity contribution is -0.167. The van der Waals surface area contributed by atoms with Gasteiger partial charge in [-0.15, -0.1) is 0 Å². The predicted octanol–water partition coefficient (Wildman–Crippen LogP) is 24.8. The number of esters is 3. The fourth-order valence-electron chi connectivity index (χ4n) is 10.6. The summed E-state index contributed by atoms with van der Waals surface area (Å²) in [5, 5.41) is 0. The van der Waals surface area contributed by atoms with Gasteiger partial charge in [-0.1, -0.05) is 344 Å². The molecule has 6 heteroatoms. The third kappa shape index (κ3) is 67.6. The van der Waals surface area contributed by atoms with Gasteiger partial charge < -0.3 is 14.2 Å². The van der Waals surface area contributed by atoms with Gasteiger partial charge in [-0.3, -0.25) is 14.4 Å². The minimum atomic E-state index is -0.803. The first-order valence-electron chi connectivity index (χ1n) is 35.9. The molecule has 0 amide bonds. The van der Waals surface area contributed by atoms with E-state index in [9.17, 15) is 14.4 Å². The van der Waals surface area contributed by atoms with E-state index in [0.717, 1.165) is 77.0 Å². The molecule has 0 aliphatic carbocycles. The number of unbranched alkanes of at least 4 members (excludes halogenated alkanes) is 43. The molecule has 0 spiro atoms. The second kappa shape index (κ2) is 70.3. The molecule has 0 heterocycles. The van der Waals surface area contributed by atoms with Gasteiger partial charge in [0, 0.05) is 19.3 Å². The summed E-state index contributed by atoms with van der Waals surface area (Å²) in [5.74, 6) is -0.931. The number of allylic oxidation sites excluding steroid dienone is 12. The molecule has 0 fully saturated rings. The summed E-state index contributed by atoms with van der Waals surface area (Å²) in [6.07, 6.45) is 92.5. The van der Waals surface area contributed by atoms with Gasteiger partial charge in [-0.05, 0) is 83.5 Å². The molecule has 0 aliphatic heterocycles. The number of hydrogen-bond acceptors (Lipinski definition) is 6. The van der Waals surface area contributed by atoms with Gasteiger partial charge in [0.15, 0.2) is 6.10 Å². The Balaban J connectivity index is 4.18. The summed E-state index contributed by atoms with van der Waals surface area (Å²) >= 11 is 0. The van der Waals surface area contributed by atoms with E-state index < -0.39 is 6.10 Å². The highest BCUT2D eigenvalue weighted by Crippen LogP contribution is 2.18. The van der Waals surface area contributed by atoms with E-state index in [1.165, 1.54) is 250 Å². The molecule has 0 N–H and O–H groups in total. The number of carbonyl (C=O) groups excluding carboxylic acids is 3. The van der Waals surface area contributed by atoms with Crippen LogP contribution in [-0.4, -0.2) is 37.2 Å². The number of carbonyl (C=O) groups is 3. The van der Waals surface area contributed by atoms with Crippen molar-refractivity contribution >= 4 is 17.9 Å². The van der Waals surface area contributed by atoms with E-state index in [1.54, 1.807) is 0 Å². The highest BCUT2D eigenvalue weighted by atomic mass is 16.6. The monoisotopic (exact) mass is 1150 g/mol. The van der Waals surface area contributed by atoms with Crippen LogP contribution in [0.5, 0.6) is 0 Å². The van der Waals surface area contributed by atoms with Crippen molar-refractivity contribution in [2.45, 2.75) is 380 Å². The molecule has 0 saturated carbocycles. The van der Waals surface area contributed by atoms with E-state index in [1.807, 2.05) is 0 Å². The molecule has 0 aliphatic rings. The van der Waals surface area contributed by atoms with Crippen LogP contribution in [0.2, 0.25) is 0 Å². The van der Waals surface area contributed by atoms with Gasteiger partial charge in [0.2, 0.25) is 0 Å². The van der Waals surface area contributed by atoms with Crippen LogP contribution in [0.15, 0.2) is 72.9 Å². The molecule has 476 valence electrons. The maximum Gasteiger partial charge on any atom is 0.306 e. The highest BCUT2D eigenvalue weighted by Gasteiger charge is 2.19. The first-order chi connectivity index (χ1) is 40.5. The van der Waals surface area contributed by atoms with Gasteiger partial charge in [-0.2, -0.15) is 0 Å². The largest absolute Gasteiger partial charge is 0.462 e. The molecule has 0 rings (SSSR count). The third-order valence-electron chi connectivity index (χ3n) is 15.9. The van der Waals surface area contributed by atoms with Crippen molar-refractivity contribution < 1.29 is 28.6 Å². The van der Waals surface area contributed by atoms with Crippen LogP contribution >= 0.6 is 0 Å². The Morgan fingerprint density at radius 1 is 0.256 bits per heavy atom. The molecule has 0 aromatic rings. The molecule has 0 saturated heterocycles. The van der Waals surface area contributed by atoms with Crippen LogP contribution in [-0.2, 0) is 28.6 Å². The van der Waals surface area contributed by atoms with Gasteiger partial charge in [-0.25, -0.2) is 0 Å². The van der Waals surface area contributed by atoms with E-state index in [2.05, 4.69) is 93.7 Å². The summed E-state index contributed by atoms with van der Waals surface area (Å²) in [6.45, 7) is 6.53. The lowest BCUT2D eigenvalue weighted by Crippen LogP contribution is -2.30. The summed E-state index contributed by atoms with van der Waals surface area (Å²) < 4.78 is 16.9. The van der Waals surface area contributed by atoms with Crippen molar-refractivity contribution in [1.82, 2.24) is 0 Å². The average molecular weight is 1150 g/mol. The number of hydrogen-bond donors (Lipinski definition) is 0. The van der Waals surface area contributed by atoms with Crippen LogP contribution in [0.1, 0.15) is 374 Å². The third-order valence-corrected chi connectivity index (χ3v) is 15.9. The Morgan fingerprint density at radius 2 is 0.488 bits per heavy atom. The van der Waals surface area contributed by atoms with Crippen LogP contribution in [0.4, 0.5) is 0 Å². The van der Waals surface area contributed by atoms with Gasteiger partial charge in [0.1, 0.15) is 13.2 Å². The quantitative estimate of drug-likeness (QED) is 0.0261. The predicted molar refractivity (Wildman–Crippen MR) is 358 cm³/mol. The minimum absolute atomic E-state index is 0.0935. The Kier molecular flexibility index (Phi) is 67.6. The van der Waals surface area contributed by atoms with Gasteiger partial charge >= 0.3 is 17.9 Å². The van der Waals surface area contributed by atoms with Gasteiger partial charge in [0.05, 0.1) is 0 Å². The Labute approximate surface area is 510 Å². The second-order valence-corrected chi connectivity index (χ2v) is 24.1. The normalized spacial score (nSPS) is 12.5. The maximum atomic E-state index is 12.9. The van der Waals surface area contributed by atoms with Crippen LogP contribution in [0, 0.1) is 0 Å². The molecule has 0 bridgehead atoms. The fourth-order valence-corrected chi connectivity index (χ4v) is 10.6. The molecule has 1 atom stereocenters. The Hall–Kier alpha value is -3.15. The summed E-state index contributed by atoms with van der Waals surface area (Å²) in [5.41, 5.74) is 0. The molecule has 82 heavy (non-hydrogen) atoms. The van der Waals surface area contributed by atoms with Gasteiger partial charge in [0.25, 0.3) is 0 Å². The van der Waals surface area contributed by atoms with E-state index in [-0.39, 0.29) is 37.5 Å². The van der Waals surface area contributed by atoms with Crippen LogP contribution in [0.3, 0.4) is 0 Å². The van der Waals surface area contributed by atoms with E-state index in [0.29, 0.717) is 19.3 Å². The van der Waals surface area contributed by atoms with Crippen molar-refractivity contribution in [3.63, 3.8) is 0 Å². The van der Waals surface area contributed by atoms with Crippen molar-refractivity contribution in [3.05, 3.63) is 72.9 Å². The van der Waals surface area contributed by atoms with Crippen LogP contribution < -0.4 is 0 Å².